The molecule has 1 aliphatic rings. The number of methoxy groups -OCH3 is 1. The summed E-state index contributed by atoms with van der Waals surface area (Å²) in [7, 11) is 1.58. The Morgan fingerprint density at radius 2 is 2.05 bits per heavy atom. The second kappa shape index (κ2) is 5.68. The smallest absolute Gasteiger partial charge is 0.394 e. The van der Waals surface area contributed by atoms with E-state index >= 15 is 0 Å². The van der Waals surface area contributed by atoms with Crippen molar-refractivity contribution in [2.75, 3.05) is 7.11 Å². The van der Waals surface area contributed by atoms with Gasteiger partial charge in [0.25, 0.3) is 0 Å². The first kappa shape index (κ1) is 15.0. The molecule has 3 rings (SSSR count). The first-order valence-corrected chi connectivity index (χ1v) is 7.13. The van der Waals surface area contributed by atoms with E-state index in [1.54, 1.807) is 25.3 Å². The monoisotopic (exact) mass is 309 g/mol. The third-order valence-electron chi connectivity index (χ3n) is 3.49. The molecule has 1 heterocycles. The maximum atomic E-state index is 13.2. The summed E-state index contributed by atoms with van der Waals surface area (Å²) in [6.45, 7) is 1.03. The number of nitrogens with zero attached hydrogens (tertiary/aromatic N) is 1. The number of hydrogen-bond acceptors (Lipinski definition) is 4. The van der Waals surface area contributed by atoms with Gasteiger partial charge in [0.05, 0.1) is 6.61 Å². The van der Waals surface area contributed by atoms with Gasteiger partial charge in [0.1, 0.15) is 17.2 Å². The predicted molar refractivity (Wildman–Crippen MR) is 75.9 cm³/mol. The van der Waals surface area contributed by atoms with Gasteiger partial charge >= 0.3 is 6.11 Å². The van der Waals surface area contributed by atoms with Crippen LogP contribution in [-0.4, -0.2) is 18.4 Å². The molecule has 22 heavy (non-hydrogen) atoms. The first-order valence-electron chi connectivity index (χ1n) is 7.13. The number of halogens is 2. The molecule has 4 nitrogen and oxygen atoms in total. The van der Waals surface area contributed by atoms with Crippen LogP contribution in [0, 0.1) is 0 Å². The van der Waals surface area contributed by atoms with E-state index in [1.807, 2.05) is 0 Å². The molecule has 1 aromatic heterocycles. The molecule has 0 spiro atoms. The van der Waals surface area contributed by atoms with E-state index in [1.165, 1.54) is 6.07 Å². The van der Waals surface area contributed by atoms with Gasteiger partial charge in [0.2, 0.25) is 0 Å². The van der Waals surface area contributed by atoms with Gasteiger partial charge in [-0.15, -0.1) is 0 Å². The molecular weight excluding hydrogens is 292 g/mol. The van der Waals surface area contributed by atoms with Crippen LogP contribution in [0.1, 0.15) is 37.0 Å². The van der Waals surface area contributed by atoms with Crippen molar-refractivity contribution in [2.45, 2.75) is 38.4 Å². The zero-order valence-corrected chi connectivity index (χ0v) is 12.4. The lowest BCUT2D eigenvalue weighted by molar-refractivity contribution is -0.158. The van der Waals surface area contributed by atoms with Crippen LogP contribution in [-0.2, 0) is 11.3 Å². The molecule has 0 amide bonds. The Bertz CT molecular complexity index is 660. The van der Waals surface area contributed by atoms with Crippen LogP contribution < -0.4 is 4.74 Å². The quantitative estimate of drug-likeness (QED) is 0.795. The summed E-state index contributed by atoms with van der Waals surface area (Å²) in [5.74, 6) is 1.21. The minimum Gasteiger partial charge on any atom is -0.432 e. The fourth-order valence-electron chi connectivity index (χ4n) is 2.43. The van der Waals surface area contributed by atoms with E-state index in [2.05, 4.69) is 5.16 Å². The summed E-state index contributed by atoms with van der Waals surface area (Å²) in [6.07, 6.45) is -1.16. The number of aromatic nitrogens is 1. The molecule has 1 aromatic carbocycles. The fraction of sp³-hybridized carbons (Fsp3) is 0.438. The molecule has 1 aliphatic carbocycles. The summed E-state index contributed by atoms with van der Waals surface area (Å²) in [5, 5.41) is 4.08. The van der Waals surface area contributed by atoms with Crippen molar-refractivity contribution >= 4 is 0 Å². The maximum absolute atomic E-state index is 13.2. The van der Waals surface area contributed by atoms with E-state index in [4.69, 9.17) is 14.0 Å². The lowest BCUT2D eigenvalue weighted by atomic mass is 10.0. The molecule has 0 aliphatic heterocycles. The summed E-state index contributed by atoms with van der Waals surface area (Å²) in [6, 6.07) is 6.57. The SMILES string of the molecule is COCc1c(-c2ccccc2OC(C)(F)F)noc1C1CC1. The van der Waals surface area contributed by atoms with Crippen LogP contribution in [0.15, 0.2) is 28.8 Å². The van der Waals surface area contributed by atoms with Crippen LogP contribution in [0.2, 0.25) is 0 Å². The van der Waals surface area contributed by atoms with E-state index in [-0.39, 0.29) is 5.75 Å². The van der Waals surface area contributed by atoms with Crippen molar-refractivity contribution in [3.05, 3.63) is 35.6 Å². The average molecular weight is 309 g/mol. The predicted octanol–water partition coefficient (Wildman–Crippen LogP) is 4.36. The van der Waals surface area contributed by atoms with Gasteiger partial charge in [-0.1, -0.05) is 17.3 Å². The fourth-order valence-corrected chi connectivity index (χ4v) is 2.43. The van der Waals surface area contributed by atoms with Crippen molar-refractivity contribution < 1.29 is 22.8 Å². The third-order valence-corrected chi connectivity index (χ3v) is 3.49. The minimum atomic E-state index is -3.26. The van der Waals surface area contributed by atoms with Crippen molar-refractivity contribution in [3.63, 3.8) is 0 Å². The molecule has 118 valence electrons. The Morgan fingerprint density at radius 1 is 1.32 bits per heavy atom. The molecule has 0 N–H and O–H groups in total. The van der Waals surface area contributed by atoms with Crippen molar-refractivity contribution in [1.29, 1.82) is 0 Å². The Morgan fingerprint density at radius 3 is 2.68 bits per heavy atom. The van der Waals surface area contributed by atoms with Gasteiger partial charge in [-0.05, 0) is 25.0 Å². The number of para-hydroxylation sites is 1. The highest BCUT2D eigenvalue weighted by molar-refractivity contribution is 5.70. The first-order chi connectivity index (χ1) is 10.5. The van der Waals surface area contributed by atoms with E-state index in [9.17, 15) is 8.78 Å². The van der Waals surface area contributed by atoms with Crippen LogP contribution in [0.3, 0.4) is 0 Å². The number of ether oxygens (including phenoxy) is 2. The Labute approximate surface area is 127 Å². The van der Waals surface area contributed by atoms with Crippen molar-refractivity contribution in [3.8, 4) is 17.0 Å². The Kier molecular flexibility index (Phi) is 3.87. The summed E-state index contributed by atoms with van der Waals surface area (Å²) >= 11 is 0. The number of hydrogen-bond donors (Lipinski definition) is 0. The van der Waals surface area contributed by atoms with Gasteiger partial charge in [-0.2, -0.15) is 8.78 Å². The topological polar surface area (TPSA) is 44.5 Å². The lowest BCUT2D eigenvalue weighted by Crippen LogP contribution is -2.19. The summed E-state index contributed by atoms with van der Waals surface area (Å²) in [5.41, 5.74) is 1.79. The van der Waals surface area contributed by atoms with Crippen LogP contribution in [0.4, 0.5) is 8.78 Å². The molecule has 2 aromatic rings. The second-order valence-corrected chi connectivity index (χ2v) is 5.49. The number of alkyl halides is 2. The van der Waals surface area contributed by atoms with Crippen molar-refractivity contribution in [2.24, 2.45) is 0 Å². The Hall–Kier alpha value is -1.95. The Balaban J connectivity index is 2.04. The van der Waals surface area contributed by atoms with Gasteiger partial charge in [-0.25, -0.2) is 0 Å². The maximum Gasteiger partial charge on any atom is 0.394 e. The number of benzene rings is 1. The molecule has 0 saturated heterocycles. The molecular formula is C16H17F2NO3. The lowest BCUT2D eigenvalue weighted by Gasteiger charge is -2.15. The third kappa shape index (κ3) is 3.11. The molecule has 0 unspecified atom stereocenters. The summed E-state index contributed by atoms with van der Waals surface area (Å²) in [4.78, 5) is 0. The number of rotatable bonds is 6. The van der Waals surface area contributed by atoms with Gasteiger partial charge < -0.3 is 14.0 Å². The van der Waals surface area contributed by atoms with Crippen LogP contribution in [0.5, 0.6) is 5.75 Å². The molecule has 6 heteroatoms. The molecule has 1 saturated carbocycles. The second-order valence-electron chi connectivity index (χ2n) is 5.49. The van der Waals surface area contributed by atoms with E-state index < -0.39 is 6.11 Å². The van der Waals surface area contributed by atoms with Gasteiger partial charge in [0, 0.05) is 31.1 Å². The van der Waals surface area contributed by atoms with Gasteiger partial charge in [-0.3, -0.25) is 0 Å². The zero-order chi connectivity index (χ0) is 15.7. The standard InChI is InChI=1S/C16H17F2NO3/c1-16(17,18)21-13-6-4-3-5-11(13)14-12(9-20-2)15(22-19-14)10-7-8-10/h3-6,10H,7-9H2,1-2H3. The molecule has 0 bridgehead atoms. The highest BCUT2D eigenvalue weighted by Crippen LogP contribution is 2.45. The minimum absolute atomic E-state index is 0.0722. The summed E-state index contributed by atoms with van der Waals surface area (Å²) < 4.78 is 41.8. The zero-order valence-electron chi connectivity index (χ0n) is 12.4. The highest BCUT2D eigenvalue weighted by Gasteiger charge is 2.33. The normalized spacial score (nSPS) is 15.1. The van der Waals surface area contributed by atoms with Crippen molar-refractivity contribution in [1.82, 2.24) is 5.16 Å². The van der Waals surface area contributed by atoms with Gasteiger partial charge in [0.15, 0.2) is 0 Å². The average Bonchev–Trinajstić information content (AvgIpc) is 3.20. The van der Waals surface area contributed by atoms with E-state index in [0.717, 1.165) is 24.2 Å². The van der Waals surface area contributed by atoms with E-state index in [0.29, 0.717) is 30.7 Å². The molecule has 0 radical (unpaired) electrons. The molecule has 0 atom stereocenters. The largest absolute Gasteiger partial charge is 0.432 e. The van der Waals surface area contributed by atoms with Crippen LogP contribution >= 0.6 is 0 Å². The molecule has 1 fully saturated rings. The van der Waals surface area contributed by atoms with Crippen LogP contribution in [0.25, 0.3) is 11.3 Å². The highest BCUT2D eigenvalue weighted by atomic mass is 19.3.